The minimum Gasteiger partial charge on any atom is -0.305 e. The van der Waals surface area contributed by atoms with Crippen LogP contribution in [-0.4, -0.2) is 36.5 Å². The van der Waals surface area contributed by atoms with Gasteiger partial charge < -0.3 is 9.80 Å². The van der Waals surface area contributed by atoms with Gasteiger partial charge in [0, 0.05) is 36.2 Å². The molecule has 0 unspecified atom stereocenters. The van der Waals surface area contributed by atoms with Gasteiger partial charge >= 0.3 is 0 Å². The lowest BCUT2D eigenvalue weighted by molar-refractivity contribution is -0.113. The van der Waals surface area contributed by atoms with Crippen LogP contribution in [0.15, 0.2) is 91.0 Å². The highest BCUT2D eigenvalue weighted by molar-refractivity contribution is 6.32. The second-order valence-electron chi connectivity index (χ2n) is 9.13. The standard InChI is InChI=1S/C30H32N2O/c1-2-26-28-15-9-10-16-29(28)32(30(26)33)25-17-20-31(21-18-25)22-19-27(23-11-5-3-6-12-23)24-13-7-4-8-14-24/h2-16,25,27H,17-22H2,1H3. The number of anilines is 1. The van der Waals surface area contributed by atoms with E-state index in [0.29, 0.717) is 5.92 Å². The van der Waals surface area contributed by atoms with Crippen molar-refractivity contribution in [3.05, 3.63) is 108 Å². The van der Waals surface area contributed by atoms with Gasteiger partial charge in [-0.05, 0) is 49.9 Å². The molecule has 33 heavy (non-hydrogen) atoms. The van der Waals surface area contributed by atoms with Crippen LogP contribution in [-0.2, 0) is 4.79 Å². The maximum atomic E-state index is 13.1. The van der Waals surface area contributed by atoms with Crippen LogP contribution in [0.2, 0.25) is 0 Å². The number of allylic oxidation sites excluding steroid dienone is 1. The normalized spacial score (nSPS) is 18.3. The zero-order valence-corrected chi connectivity index (χ0v) is 19.4. The molecule has 2 aliphatic heterocycles. The number of nitrogens with zero attached hydrogens (tertiary/aromatic N) is 2. The van der Waals surface area contributed by atoms with Gasteiger partial charge in [0.2, 0.25) is 0 Å². The minimum atomic E-state index is 0.172. The van der Waals surface area contributed by atoms with Gasteiger partial charge in [0.15, 0.2) is 0 Å². The van der Waals surface area contributed by atoms with Crippen molar-refractivity contribution in [1.82, 2.24) is 4.90 Å². The van der Waals surface area contributed by atoms with E-state index in [2.05, 4.69) is 82.6 Å². The molecule has 0 radical (unpaired) electrons. The van der Waals surface area contributed by atoms with Crippen molar-refractivity contribution >= 4 is 17.2 Å². The largest absolute Gasteiger partial charge is 0.305 e. The summed E-state index contributed by atoms with van der Waals surface area (Å²) in [5, 5.41) is 0. The maximum absolute atomic E-state index is 13.1. The predicted octanol–water partition coefficient (Wildman–Crippen LogP) is 6.12. The zero-order chi connectivity index (χ0) is 22.6. The summed E-state index contributed by atoms with van der Waals surface area (Å²) in [5.74, 6) is 0.583. The smallest absolute Gasteiger partial charge is 0.258 e. The Bertz CT molecular complexity index is 1070. The molecule has 3 aromatic carbocycles. The fourth-order valence-electron chi connectivity index (χ4n) is 5.52. The number of benzene rings is 3. The second-order valence-corrected chi connectivity index (χ2v) is 9.13. The molecule has 0 bridgehead atoms. The highest BCUT2D eigenvalue weighted by atomic mass is 16.2. The van der Waals surface area contributed by atoms with Crippen molar-refractivity contribution in [2.75, 3.05) is 24.5 Å². The molecular weight excluding hydrogens is 404 g/mol. The number of carbonyl (C=O) groups excluding carboxylic acids is 1. The fourth-order valence-corrected chi connectivity index (χ4v) is 5.52. The lowest BCUT2D eigenvalue weighted by Crippen LogP contribution is -2.46. The number of carbonyl (C=O) groups is 1. The highest BCUT2D eigenvalue weighted by Gasteiger charge is 2.37. The molecule has 168 valence electrons. The molecule has 3 aromatic rings. The van der Waals surface area contributed by atoms with Crippen LogP contribution in [0.1, 0.15) is 48.8 Å². The third-order valence-electron chi connectivity index (χ3n) is 7.25. The molecule has 3 nitrogen and oxygen atoms in total. The maximum Gasteiger partial charge on any atom is 0.258 e. The number of para-hydroxylation sites is 1. The van der Waals surface area contributed by atoms with Crippen molar-refractivity contribution < 1.29 is 4.79 Å². The molecule has 0 aliphatic carbocycles. The first-order chi connectivity index (χ1) is 16.3. The first-order valence-corrected chi connectivity index (χ1v) is 12.2. The molecule has 2 aliphatic rings. The van der Waals surface area contributed by atoms with Crippen LogP contribution in [0, 0.1) is 0 Å². The third-order valence-corrected chi connectivity index (χ3v) is 7.25. The van der Waals surface area contributed by atoms with E-state index in [9.17, 15) is 4.79 Å². The SMILES string of the molecule is CC=C1C(=O)N(C2CCN(CCC(c3ccccc3)c3ccccc3)CC2)c2ccccc21. The molecule has 0 aromatic heterocycles. The molecular formula is C30H32N2O. The fraction of sp³-hybridized carbons (Fsp3) is 0.300. The van der Waals surface area contributed by atoms with Crippen molar-refractivity contribution in [3.63, 3.8) is 0 Å². The molecule has 3 heteroatoms. The first kappa shape index (κ1) is 21.7. The lowest BCUT2D eigenvalue weighted by atomic mass is 9.88. The molecule has 0 N–H and O–H groups in total. The average Bonchev–Trinajstić information content (AvgIpc) is 3.17. The summed E-state index contributed by atoms with van der Waals surface area (Å²) in [6, 6.07) is 30.3. The number of amides is 1. The first-order valence-electron chi connectivity index (χ1n) is 12.2. The molecule has 0 atom stereocenters. The Labute approximate surface area is 197 Å². The van der Waals surface area contributed by atoms with E-state index in [1.807, 2.05) is 25.1 Å². The van der Waals surface area contributed by atoms with Crippen LogP contribution in [0.25, 0.3) is 5.57 Å². The van der Waals surface area contributed by atoms with E-state index in [1.54, 1.807) is 0 Å². The summed E-state index contributed by atoms with van der Waals surface area (Å²) < 4.78 is 0. The number of hydrogen-bond acceptors (Lipinski definition) is 2. The van der Waals surface area contributed by atoms with Gasteiger partial charge in [-0.15, -0.1) is 0 Å². The van der Waals surface area contributed by atoms with Crippen LogP contribution >= 0.6 is 0 Å². The van der Waals surface area contributed by atoms with Crippen molar-refractivity contribution in [2.45, 2.75) is 38.1 Å². The van der Waals surface area contributed by atoms with E-state index in [0.717, 1.165) is 55.7 Å². The molecule has 5 rings (SSSR count). The predicted molar refractivity (Wildman–Crippen MR) is 136 cm³/mol. The number of likely N-dealkylation sites (tertiary alicyclic amines) is 1. The van der Waals surface area contributed by atoms with E-state index >= 15 is 0 Å². The third kappa shape index (κ3) is 4.38. The Balaban J connectivity index is 1.24. The number of hydrogen-bond donors (Lipinski definition) is 0. The van der Waals surface area contributed by atoms with Crippen LogP contribution in [0.5, 0.6) is 0 Å². The van der Waals surface area contributed by atoms with E-state index < -0.39 is 0 Å². The molecule has 1 saturated heterocycles. The van der Waals surface area contributed by atoms with Gasteiger partial charge in [-0.25, -0.2) is 0 Å². The quantitative estimate of drug-likeness (QED) is 0.435. The number of piperidine rings is 1. The van der Waals surface area contributed by atoms with E-state index in [1.165, 1.54) is 11.1 Å². The van der Waals surface area contributed by atoms with Gasteiger partial charge in [0.05, 0.1) is 5.69 Å². The Morgan fingerprint density at radius 2 is 1.42 bits per heavy atom. The van der Waals surface area contributed by atoms with Gasteiger partial charge in [-0.2, -0.15) is 0 Å². The van der Waals surface area contributed by atoms with Crippen molar-refractivity contribution in [3.8, 4) is 0 Å². The molecule has 2 heterocycles. The van der Waals surface area contributed by atoms with Gasteiger partial charge in [-0.3, -0.25) is 4.79 Å². The van der Waals surface area contributed by atoms with Crippen molar-refractivity contribution in [2.24, 2.45) is 0 Å². The Morgan fingerprint density at radius 1 is 0.848 bits per heavy atom. The minimum absolute atomic E-state index is 0.172. The summed E-state index contributed by atoms with van der Waals surface area (Å²) in [4.78, 5) is 17.8. The van der Waals surface area contributed by atoms with Crippen LogP contribution in [0.3, 0.4) is 0 Å². The Hall–Kier alpha value is -3.17. The molecule has 1 amide bonds. The van der Waals surface area contributed by atoms with E-state index in [-0.39, 0.29) is 11.9 Å². The van der Waals surface area contributed by atoms with Gasteiger partial charge in [0.1, 0.15) is 0 Å². The molecule has 0 saturated carbocycles. The summed E-state index contributed by atoms with van der Waals surface area (Å²) in [6.07, 6.45) is 5.12. The number of fused-ring (bicyclic) bond motifs is 1. The second kappa shape index (κ2) is 9.76. The number of rotatable bonds is 6. The van der Waals surface area contributed by atoms with Crippen LogP contribution in [0.4, 0.5) is 5.69 Å². The summed E-state index contributed by atoms with van der Waals surface area (Å²) in [7, 11) is 0. The zero-order valence-electron chi connectivity index (χ0n) is 19.4. The highest BCUT2D eigenvalue weighted by Crippen LogP contribution is 2.39. The summed E-state index contributed by atoms with van der Waals surface area (Å²) in [6.45, 7) is 5.12. The summed E-state index contributed by atoms with van der Waals surface area (Å²) >= 11 is 0. The lowest BCUT2D eigenvalue weighted by Gasteiger charge is -2.37. The Morgan fingerprint density at radius 3 is 2.03 bits per heavy atom. The van der Waals surface area contributed by atoms with Crippen LogP contribution < -0.4 is 4.90 Å². The Kier molecular flexibility index (Phi) is 6.41. The monoisotopic (exact) mass is 436 g/mol. The average molecular weight is 437 g/mol. The molecule has 1 fully saturated rings. The summed E-state index contributed by atoms with van der Waals surface area (Å²) in [5.41, 5.74) is 5.79. The molecule has 0 spiro atoms. The van der Waals surface area contributed by atoms with Crippen molar-refractivity contribution in [1.29, 1.82) is 0 Å². The van der Waals surface area contributed by atoms with E-state index in [4.69, 9.17) is 0 Å². The topological polar surface area (TPSA) is 23.6 Å². The van der Waals surface area contributed by atoms with Gasteiger partial charge in [0.25, 0.3) is 5.91 Å². The van der Waals surface area contributed by atoms with Gasteiger partial charge in [-0.1, -0.05) is 84.9 Å².